The van der Waals surface area contributed by atoms with E-state index in [1.807, 2.05) is 6.26 Å². The lowest BCUT2D eigenvalue weighted by atomic mass is 10.2. The number of benzene rings is 3. The first-order chi connectivity index (χ1) is 18.7. The Morgan fingerprint density at radius 1 is 1.08 bits per heavy atom. The summed E-state index contributed by atoms with van der Waals surface area (Å²) in [4.78, 5) is 24.4. The maximum atomic E-state index is 13.4. The fourth-order valence-electron chi connectivity index (χ4n) is 3.19. The van der Waals surface area contributed by atoms with Crippen molar-refractivity contribution in [2.75, 3.05) is 36.1 Å². The van der Waals surface area contributed by atoms with Crippen LogP contribution >= 0.6 is 23.4 Å². The van der Waals surface area contributed by atoms with Gasteiger partial charge in [-0.2, -0.15) is 16.9 Å². The van der Waals surface area contributed by atoms with Crippen molar-refractivity contribution in [3.05, 3.63) is 88.9 Å². The second-order valence-corrected chi connectivity index (χ2v) is 11.4. The Morgan fingerprint density at radius 3 is 2.46 bits per heavy atom. The first-order valence-electron chi connectivity index (χ1n) is 11.7. The normalized spacial score (nSPS) is 11.3. The Bertz CT molecular complexity index is 1400. The van der Waals surface area contributed by atoms with E-state index in [-0.39, 0.29) is 17.2 Å². The number of sulfonamides is 1. The number of rotatable bonds is 13. The number of halogens is 1. The first kappa shape index (κ1) is 30.0. The Kier molecular flexibility index (Phi) is 11.2. The topological polar surface area (TPSA) is 114 Å². The van der Waals surface area contributed by atoms with Gasteiger partial charge in [0, 0.05) is 10.8 Å². The molecule has 3 aromatic rings. The van der Waals surface area contributed by atoms with E-state index >= 15 is 0 Å². The fraction of sp³-hybridized carbons (Fsp3) is 0.222. The van der Waals surface area contributed by atoms with E-state index in [2.05, 4.69) is 10.5 Å². The lowest BCUT2D eigenvalue weighted by Gasteiger charge is -2.24. The minimum Gasteiger partial charge on any atom is -0.482 e. The summed E-state index contributed by atoms with van der Waals surface area (Å²) in [6.45, 7) is 1.41. The van der Waals surface area contributed by atoms with E-state index in [4.69, 9.17) is 21.1 Å². The summed E-state index contributed by atoms with van der Waals surface area (Å²) in [6, 6.07) is 19.3. The lowest BCUT2D eigenvalue weighted by molar-refractivity contribution is -0.145. The lowest BCUT2D eigenvalue weighted by Crippen LogP contribution is -2.39. The number of carbonyl (C=O) groups is 2. The van der Waals surface area contributed by atoms with Crippen molar-refractivity contribution in [3.63, 3.8) is 0 Å². The third-order valence-electron chi connectivity index (χ3n) is 5.25. The zero-order valence-electron chi connectivity index (χ0n) is 21.4. The third-order valence-corrected chi connectivity index (χ3v) is 8.02. The van der Waals surface area contributed by atoms with Crippen LogP contribution in [0.3, 0.4) is 0 Å². The van der Waals surface area contributed by atoms with Gasteiger partial charge in [0.05, 0.1) is 16.8 Å². The molecule has 0 saturated carbocycles. The minimum atomic E-state index is -4.07. The quantitative estimate of drug-likeness (QED) is 0.137. The molecule has 0 aromatic heterocycles. The molecule has 0 fully saturated rings. The van der Waals surface area contributed by atoms with E-state index in [9.17, 15) is 18.0 Å². The van der Waals surface area contributed by atoms with E-state index in [1.165, 1.54) is 24.4 Å². The van der Waals surface area contributed by atoms with Gasteiger partial charge in [0.15, 0.2) is 6.61 Å². The summed E-state index contributed by atoms with van der Waals surface area (Å²) in [5.41, 5.74) is 4.02. The molecule has 3 aromatic carbocycles. The van der Waals surface area contributed by atoms with Gasteiger partial charge in [-0.25, -0.2) is 18.6 Å². The zero-order chi connectivity index (χ0) is 28.3. The molecule has 0 spiro atoms. The van der Waals surface area contributed by atoms with Gasteiger partial charge in [0.2, 0.25) is 0 Å². The highest BCUT2D eigenvalue weighted by atomic mass is 35.5. The predicted octanol–water partition coefficient (Wildman–Crippen LogP) is 4.28. The van der Waals surface area contributed by atoms with Crippen molar-refractivity contribution in [3.8, 4) is 5.75 Å². The summed E-state index contributed by atoms with van der Waals surface area (Å²) >= 11 is 7.82. The molecule has 0 aliphatic heterocycles. The number of ether oxygens (including phenoxy) is 2. The summed E-state index contributed by atoms with van der Waals surface area (Å²) < 4.78 is 38.2. The Morgan fingerprint density at radius 2 is 1.79 bits per heavy atom. The SMILES string of the molecule is CSCCOC(=O)COc1ccc(/C=N\NC(=O)CN(c2ccc(C)c(Cl)c2)S(=O)(=O)c2ccccc2)cc1. The zero-order valence-corrected chi connectivity index (χ0v) is 23.8. The van der Waals surface area contributed by atoms with Crippen LogP contribution in [0.25, 0.3) is 0 Å². The average Bonchev–Trinajstić information content (AvgIpc) is 2.93. The number of carbonyl (C=O) groups excluding carboxylic acids is 2. The molecule has 9 nitrogen and oxygen atoms in total. The number of esters is 1. The summed E-state index contributed by atoms with van der Waals surface area (Å²) in [7, 11) is -4.07. The van der Waals surface area contributed by atoms with Crippen molar-refractivity contribution in [2.45, 2.75) is 11.8 Å². The van der Waals surface area contributed by atoms with Crippen molar-refractivity contribution >= 4 is 57.2 Å². The van der Waals surface area contributed by atoms with Crippen LogP contribution in [0.2, 0.25) is 5.02 Å². The first-order valence-corrected chi connectivity index (χ1v) is 14.9. The van der Waals surface area contributed by atoms with Crippen LogP contribution < -0.4 is 14.5 Å². The second kappa shape index (κ2) is 14.6. The largest absolute Gasteiger partial charge is 0.482 e. The molecule has 0 radical (unpaired) electrons. The average molecular weight is 590 g/mol. The molecule has 1 amide bonds. The van der Waals surface area contributed by atoms with Crippen molar-refractivity contribution in [1.29, 1.82) is 0 Å². The molecule has 0 bridgehead atoms. The number of nitrogens with one attached hydrogen (secondary N) is 1. The Hall–Kier alpha value is -3.54. The molecule has 206 valence electrons. The molecule has 0 atom stereocenters. The smallest absolute Gasteiger partial charge is 0.344 e. The molecule has 1 N–H and O–H groups in total. The monoisotopic (exact) mass is 589 g/mol. The highest BCUT2D eigenvalue weighted by Crippen LogP contribution is 2.28. The van der Waals surface area contributed by atoms with Gasteiger partial charge in [0.25, 0.3) is 15.9 Å². The van der Waals surface area contributed by atoms with E-state index in [1.54, 1.807) is 73.3 Å². The highest BCUT2D eigenvalue weighted by Gasteiger charge is 2.27. The van der Waals surface area contributed by atoms with Gasteiger partial charge in [0.1, 0.15) is 18.9 Å². The third kappa shape index (κ3) is 9.02. The fourth-order valence-corrected chi connectivity index (χ4v) is 5.05. The number of aryl methyl sites for hydroxylation is 1. The van der Waals surface area contributed by atoms with Crippen LogP contribution in [-0.2, 0) is 24.3 Å². The molecule has 3 rings (SSSR count). The molecule has 39 heavy (non-hydrogen) atoms. The maximum Gasteiger partial charge on any atom is 0.344 e. The van der Waals surface area contributed by atoms with E-state index in [0.717, 1.165) is 15.6 Å². The van der Waals surface area contributed by atoms with Crippen molar-refractivity contribution < 1.29 is 27.5 Å². The predicted molar refractivity (Wildman–Crippen MR) is 154 cm³/mol. The van der Waals surface area contributed by atoms with Gasteiger partial charge in [-0.3, -0.25) is 9.10 Å². The van der Waals surface area contributed by atoms with Crippen LogP contribution in [0.5, 0.6) is 5.75 Å². The standard InChI is InChI=1S/C27H28ClN3O6S2/c1-20-8-11-22(16-25(20)28)31(39(34,35)24-6-4-3-5-7-24)18-26(32)30-29-17-21-9-12-23(13-10-21)37-19-27(33)36-14-15-38-2/h3-13,16-17H,14-15,18-19H2,1-2H3,(H,30,32)/b29-17-. The van der Waals surface area contributed by atoms with Gasteiger partial charge < -0.3 is 9.47 Å². The van der Waals surface area contributed by atoms with Crippen LogP contribution in [0, 0.1) is 6.92 Å². The summed E-state index contributed by atoms with van der Waals surface area (Å²) in [5.74, 6) is 0.0878. The van der Waals surface area contributed by atoms with Gasteiger partial charge in [-0.15, -0.1) is 0 Å². The number of thioether (sulfide) groups is 1. The number of hydrogen-bond donors (Lipinski definition) is 1. The number of amides is 1. The molecule has 0 saturated heterocycles. The number of nitrogens with zero attached hydrogens (tertiary/aromatic N) is 2. The molecule has 0 aliphatic rings. The second-order valence-electron chi connectivity index (χ2n) is 8.12. The van der Waals surface area contributed by atoms with Gasteiger partial charge >= 0.3 is 5.97 Å². The number of hydrazone groups is 1. The molecule has 12 heteroatoms. The van der Waals surface area contributed by atoms with Crippen LogP contribution in [0.4, 0.5) is 5.69 Å². The number of anilines is 1. The van der Waals surface area contributed by atoms with E-state index in [0.29, 0.717) is 22.9 Å². The number of hydrogen-bond acceptors (Lipinski definition) is 8. The molecule has 0 unspecified atom stereocenters. The molecular weight excluding hydrogens is 562 g/mol. The molecule has 0 aliphatic carbocycles. The van der Waals surface area contributed by atoms with E-state index < -0.39 is 28.4 Å². The minimum absolute atomic E-state index is 0.0357. The van der Waals surface area contributed by atoms with Crippen LogP contribution in [-0.4, -0.2) is 58.3 Å². The van der Waals surface area contributed by atoms with Gasteiger partial charge in [-0.1, -0.05) is 35.9 Å². The Labute approximate surface area is 237 Å². The van der Waals surface area contributed by atoms with Crippen molar-refractivity contribution in [1.82, 2.24) is 5.43 Å². The van der Waals surface area contributed by atoms with Gasteiger partial charge in [-0.05, 0) is 72.8 Å². The van der Waals surface area contributed by atoms with Crippen LogP contribution in [0.15, 0.2) is 82.8 Å². The highest BCUT2D eigenvalue weighted by molar-refractivity contribution is 7.98. The maximum absolute atomic E-state index is 13.4. The molecular formula is C27H28ClN3O6S2. The Balaban J connectivity index is 1.63. The van der Waals surface area contributed by atoms with Crippen molar-refractivity contribution in [2.24, 2.45) is 5.10 Å². The summed E-state index contributed by atoms with van der Waals surface area (Å²) in [6.07, 6.45) is 3.32. The van der Waals surface area contributed by atoms with Crippen LogP contribution in [0.1, 0.15) is 11.1 Å². The molecule has 0 heterocycles. The summed E-state index contributed by atoms with van der Waals surface area (Å²) in [5, 5.41) is 4.31.